The van der Waals surface area contributed by atoms with Crippen molar-refractivity contribution in [2.24, 2.45) is 0 Å². The average molecular weight is 360 g/mol. The molecular formula is C14H14ClNO8. The second-order valence-corrected chi connectivity index (χ2v) is 6.22. The molecule has 0 spiro atoms. The van der Waals surface area contributed by atoms with Crippen LogP contribution in [0.2, 0.25) is 5.02 Å². The van der Waals surface area contributed by atoms with Crippen LogP contribution in [0.5, 0.6) is 0 Å². The number of aliphatic hydroxyl groups excluding tert-OH is 1. The largest absolute Gasteiger partial charge is 0.451 e. The lowest BCUT2D eigenvalue weighted by Crippen LogP contribution is -2.62. The minimum absolute atomic E-state index is 0.189. The number of carbonyl (C=O) groups excluding carboxylic acids is 1. The lowest BCUT2D eigenvalue weighted by molar-refractivity contribution is -0.489. The molecule has 24 heavy (non-hydrogen) atoms. The molecule has 0 radical (unpaired) electrons. The fraction of sp³-hybridized carbons (Fsp3) is 0.500. The second-order valence-electron chi connectivity index (χ2n) is 5.79. The molecule has 0 aromatic heterocycles. The van der Waals surface area contributed by atoms with Crippen LogP contribution in [-0.2, 0) is 14.3 Å². The summed E-state index contributed by atoms with van der Waals surface area (Å²) in [5.74, 6) is -5.36. The summed E-state index contributed by atoms with van der Waals surface area (Å²) in [6.45, 7) is -1.26. The van der Waals surface area contributed by atoms with E-state index in [0.717, 1.165) is 0 Å². The minimum atomic E-state index is -2.75. The van der Waals surface area contributed by atoms with Crippen LogP contribution in [0.3, 0.4) is 0 Å². The number of ether oxygens (including phenoxy) is 2. The molecule has 2 fully saturated rings. The molecule has 0 saturated carbocycles. The number of benzene rings is 1. The van der Waals surface area contributed by atoms with Gasteiger partial charge >= 0.3 is 5.97 Å². The highest BCUT2D eigenvalue weighted by Gasteiger charge is 2.76. The SMILES string of the molecule is O=C1O[C@H]2[C@@H](O)CO[C@]2(O)[C@]1(O)[C@H](C[N+](=O)[O-])c1ccc(Cl)cc1. The molecule has 0 amide bonds. The maximum absolute atomic E-state index is 12.3. The predicted octanol–water partition coefficient (Wildman–Crippen LogP) is -0.563. The van der Waals surface area contributed by atoms with Crippen molar-refractivity contribution in [1.29, 1.82) is 0 Å². The van der Waals surface area contributed by atoms with Gasteiger partial charge in [0.15, 0.2) is 6.10 Å². The van der Waals surface area contributed by atoms with E-state index in [1.54, 1.807) is 0 Å². The first-order valence-electron chi connectivity index (χ1n) is 7.05. The van der Waals surface area contributed by atoms with Crippen molar-refractivity contribution in [1.82, 2.24) is 0 Å². The first-order valence-corrected chi connectivity index (χ1v) is 7.43. The highest BCUT2D eigenvalue weighted by Crippen LogP contribution is 2.49. The fourth-order valence-corrected chi connectivity index (χ4v) is 3.32. The topological polar surface area (TPSA) is 139 Å². The zero-order valence-electron chi connectivity index (χ0n) is 12.2. The molecule has 10 heteroatoms. The zero-order chi connectivity index (χ0) is 17.7. The van der Waals surface area contributed by atoms with Gasteiger partial charge in [-0.1, -0.05) is 23.7 Å². The average Bonchev–Trinajstić information content (AvgIpc) is 2.92. The Morgan fingerprint density at radius 1 is 1.38 bits per heavy atom. The number of nitrogens with zero attached hydrogens (tertiary/aromatic N) is 1. The highest BCUT2D eigenvalue weighted by atomic mass is 35.5. The second kappa shape index (κ2) is 5.64. The van der Waals surface area contributed by atoms with Crippen LogP contribution in [0.4, 0.5) is 0 Å². The third kappa shape index (κ3) is 2.28. The van der Waals surface area contributed by atoms with Crippen molar-refractivity contribution in [3.8, 4) is 0 Å². The molecule has 0 aliphatic carbocycles. The molecule has 1 aromatic rings. The van der Waals surface area contributed by atoms with E-state index >= 15 is 0 Å². The van der Waals surface area contributed by atoms with Gasteiger partial charge in [0.05, 0.1) is 12.5 Å². The Morgan fingerprint density at radius 2 is 2.00 bits per heavy atom. The van der Waals surface area contributed by atoms with Crippen LogP contribution in [0.25, 0.3) is 0 Å². The van der Waals surface area contributed by atoms with Gasteiger partial charge in [-0.2, -0.15) is 0 Å². The van der Waals surface area contributed by atoms with Crippen molar-refractivity contribution >= 4 is 17.6 Å². The van der Waals surface area contributed by atoms with E-state index in [2.05, 4.69) is 0 Å². The standard InChI is InChI=1S/C14H14ClNO8/c15-8-3-1-7(2-4-8)9(5-16(21)22)13(19)12(18)24-11-10(17)6-23-14(11,13)20/h1-4,9-11,17,19-20H,5-6H2/t9-,10+,11+,13+,14+/m1/s1. The van der Waals surface area contributed by atoms with E-state index in [-0.39, 0.29) is 12.2 Å². The molecule has 0 unspecified atom stereocenters. The van der Waals surface area contributed by atoms with E-state index in [1.807, 2.05) is 0 Å². The van der Waals surface area contributed by atoms with E-state index < -0.39 is 47.0 Å². The molecule has 2 saturated heterocycles. The van der Waals surface area contributed by atoms with E-state index in [1.165, 1.54) is 24.3 Å². The fourth-order valence-electron chi connectivity index (χ4n) is 3.19. The summed E-state index contributed by atoms with van der Waals surface area (Å²) >= 11 is 5.79. The Morgan fingerprint density at radius 3 is 2.58 bits per heavy atom. The molecule has 3 rings (SSSR count). The molecule has 9 nitrogen and oxygen atoms in total. The molecule has 0 bridgehead atoms. The number of hydrogen-bond donors (Lipinski definition) is 3. The Bertz CT molecular complexity index is 682. The van der Waals surface area contributed by atoms with Gasteiger partial charge in [-0.15, -0.1) is 0 Å². The molecule has 2 heterocycles. The number of rotatable bonds is 4. The van der Waals surface area contributed by atoms with Crippen molar-refractivity contribution in [2.45, 2.75) is 29.5 Å². The zero-order valence-corrected chi connectivity index (χ0v) is 12.9. The monoisotopic (exact) mass is 359 g/mol. The molecule has 2 aliphatic heterocycles. The number of nitro groups is 1. The van der Waals surface area contributed by atoms with Crippen molar-refractivity contribution in [3.05, 3.63) is 45.0 Å². The van der Waals surface area contributed by atoms with E-state index in [9.17, 15) is 30.2 Å². The van der Waals surface area contributed by atoms with Crippen LogP contribution >= 0.6 is 11.6 Å². The van der Waals surface area contributed by atoms with Gasteiger partial charge in [0.2, 0.25) is 17.9 Å². The molecule has 1 aromatic carbocycles. The first kappa shape index (κ1) is 17.1. The number of fused-ring (bicyclic) bond motifs is 1. The highest BCUT2D eigenvalue weighted by molar-refractivity contribution is 6.30. The Labute approximate surface area is 140 Å². The van der Waals surface area contributed by atoms with Gasteiger partial charge in [0, 0.05) is 9.95 Å². The van der Waals surface area contributed by atoms with Gasteiger partial charge in [0.25, 0.3) is 0 Å². The number of hydrogen-bond acceptors (Lipinski definition) is 8. The summed E-state index contributed by atoms with van der Waals surface area (Å²) in [5, 5.41) is 42.8. The van der Waals surface area contributed by atoms with Crippen LogP contribution in [0.15, 0.2) is 24.3 Å². The normalized spacial score (nSPS) is 36.2. The molecule has 3 N–H and O–H groups in total. The Kier molecular flexibility index (Phi) is 4.01. The van der Waals surface area contributed by atoms with Crippen LogP contribution in [-0.4, -0.2) is 63.0 Å². The summed E-state index contributed by atoms with van der Waals surface area (Å²) in [5.41, 5.74) is -2.56. The summed E-state index contributed by atoms with van der Waals surface area (Å²) in [6.07, 6.45) is -2.88. The molecule has 130 valence electrons. The molecule has 2 aliphatic rings. The summed E-state index contributed by atoms with van der Waals surface area (Å²) in [6, 6.07) is 5.65. The van der Waals surface area contributed by atoms with Crippen molar-refractivity contribution < 1.29 is 34.5 Å². The lowest BCUT2D eigenvalue weighted by Gasteiger charge is -2.36. The quantitative estimate of drug-likeness (QED) is 0.369. The van der Waals surface area contributed by atoms with Crippen LogP contribution in [0.1, 0.15) is 11.5 Å². The minimum Gasteiger partial charge on any atom is -0.451 e. The maximum Gasteiger partial charge on any atom is 0.345 e. The van der Waals surface area contributed by atoms with Gasteiger partial charge in [0.1, 0.15) is 6.10 Å². The lowest BCUT2D eigenvalue weighted by atomic mass is 9.76. The predicted molar refractivity (Wildman–Crippen MR) is 77.8 cm³/mol. The Balaban J connectivity index is 2.10. The van der Waals surface area contributed by atoms with Crippen molar-refractivity contribution in [3.63, 3.8) is 0 Å². The van der Waals surface area contributed by atoms with Gasteiger partial charge in [-0.25, -0.2) is 4.79 Å². The third-order valence-electron chi connectivity index (χ3n) is 4.41. The summed E-state index contributed by atoms with van der Waals surface area (Å²) in [4.78, 5) is 22.6. The molecule has 5 atom stereocenters. The van der Waals surface area contributed by atoms with Gasteiger partial charge < -0.3 is 24.8 Å². The van der Waals surface area contributed by atoms with E-state index in [0.29, 0.717) is 5.02 Å². The third-order valence-corrected chi connectivity index (χ3v) is 4.66. The van der Waals surface area contributed by atoms with Crippen molar-refractivity contribution in [2.75, 3.05) is 13.2 Å². The summed E-state index contributed by atoms with van der Waals surface area (Å²) in [7, 11) is 0. The Hall–Kier alpha value is -1.78. The number of aliphatic hydroxyl groups is 3. The molecular weight excluding hydrogens is 346 g/mol. The van der Waals surface area contributed by atoms with Gasteiger partial charge in [-0.3, -0.25) is 10.1 Å². The smallest absolute Gasteiger partial charge is 0.345 e. The maximum atomic E-state index is 12.3. The van der Waals surface area contributed by atoms with Crippen LogP contribution in [0, 0.1) is 10.1 Å². The summed E-state index contributed by atoms with van der Waals surface area (Å²) < 4.78 is 9.89. The van der Waals surface area contributed by atoms with E-state index in [4.69, 9.17) is 21.1 Å². The number of carbonyl (C=O) groups is 1. The van der Waals surface area contributed by atoms with Crippen LogP contribution < -0.4 is 0 Å². The number of esters is 1. The van der Waals surface area contributed by atoms with Gasteiger partial charge in [-0.05, 0) is 17.7 Å². The first-order chi connectivity index (χ1) is 11.2. The number of halogens is 1.